The number of fused-ring (bicyclic) bond motifs is 1. The lowest BCUT2D eigenvalue weighted by Gasteiger charge is -2.07. The monoisotopic (exact) mass is 274 g/mol. The van der Waals surface area contributed by atoms with E-state index in [1.165, 1.54) is 5.56 Å². The highest BCUT2D eigenvalue weighted by atomic mass is 16.5. The lowest BCUT2D eigenvalue weighted by molar-refractivity contribution is 0.149. The second-order valence-electron chi connectivity index (χ2n) is 5.21. The van der Waals surface area contributed by atoms with Crippen LogP contribution in [0.25, 0.3) is 10.9 Å². The molecule has 20 heavy (non-hydrogen) atoms. The van der Waals surface area contributed by atoms with E-state index in [0.29, 0.717) is 6.61 Å². The van der Waals surface area contributed by atoms with Gasteiger partial charge in [-0.1, -0.05) is 25.1 Å². The summed E-state index contributed by atoms with van der Waals surface area (Å²) < 4.78 is 6.86. The number of nitrogens with zero attached hydrogens (tertiary/aromatic N) is 2. The van der Waals surface area contributed by atoms with Gasteiger partial charge in [-0.3, -0.25) is 4.57 Å². The van der Waals surface area contributed by atoms with E-state index in [4.69, 9.17) is 4.74 Å². The number of carbonyl (C=O) groups is 1. The fourth-order valence-electron chi connectivity index (χ4n) is 2.20. The van der Waals surface area contributed by atoms with Crippen molar-refractivity contribution in [2.24, 2.45) is 0 Å². The van der Waals surface area contributed by atoms with E-state index in [9.17, 15) is 4.79 Å². The van der Waals surface area contributed by atoms with Crippen molar-refractivity contribution in [1.82, 2.24) is 9.47 Å². The molecule has 0 N–H and O–H groups in total. The summed E-state index contributed by atoms with van der Waals surface area (Å²) >= 11 is 0. The van der Waals surface area contributed by atoms with Crippen molar-refractivity contribution in [2.75, 3.05) is 27.2 Å². The zero-order valence-corrected chi connectivity index (χ0v) is 12.4. The van der Waals surface area contributed by atoms with Crippen LogP contribution in [0.2, 0.25) is 0 Å². The number of ether oxygens (including phenoxy) is 1. The van der Waals surface area contributed by atoms with Crippen molar-refractivity contribution >= 4 is 17.0 Å². The highest BCUT2D eigenvalue weighted by molar-refractivity contribution is 5.91. The zero-order valence-electron chi connectivity index (χ0n) is 12.4. The second kappa shape index (κ2) is 6.57. The molecular formula is C16H22N2O2. The first-order valence-corrected chi connectivity index (χ1v) is 7.04. The maximum atomic E-state index is 12.1. The Hall–Kier alpha value is -1.81. The van der Waals surface area contributed by atoms with E-state index < -0.39 is 0 Å². The molecule has 0 aliphatic rings. The minimum absolute atomic E-state index is 0.292. The van der Waals surface area contributed by atoms with Crippen molar-refractivity contribution in [3.63, 3.8) is 0 Å². The Kier molecular flexibility index (Phi) is 4.79. The van der Waals surface area contributed by atoms with E-state index in [-0.39, 0.29) is 6.09 Å². The quantitative estimate of drug-likeness (QED) is 0.840. The second-order valence-corrected chi connectivity index (χ2v) is 5.21. The minimum Gasteiger partial charge on any atom is -0.449 e. The van der Waals surface area contributed by atoms with Crippen LogP contribution in [0.1, 0.15) is 18.9 Å². The summed E-state index contributed by atoms with van der Waals surface area (Å²) in [6.07, 6.45) is 3.37. The zero-order chi connectivity index (χ0) is 14.5. The summed E-state index contributed by atoms with van der Waals surface area (Å²) in [5.74, 6) is 0. The van der Waals surface area contributed by atoms with Gasteiger partial charge in [0, 0.05) is 18.1 Å². The predicted molar refractivity (Wildman–Crippen MR) is 81.2 cm³/mol. The van der Waals surface area contributed by atoms with Gasteiger partial charge in [-0.15, -0.1) is 0 Å². The Morgan fingerprint density at radius 2 is 2.05 bits per heavy atom. The van der Waals surface area contributed by atoms with Crippen molar-refractivity contribution in [3.8, 4) is 0 Å². The summed E-state index contributed by atoms with van der Waals surface area (Å²) in [5.41, 5.74) is 2.10. The van der Waals surface area contributed by atoms with Gasteiger partial charge in [-0.05, 0) is 38.6 Å². The number of rotatable bonds is 5. The number of hydrogen-bond donors (Lipinski definition) is 0. The molecular weight excluding hydrogens is 252 g/mol. The van der Waals surface area contributed by atoms with E-state index in [2.05, 4.69) is 25.1 Å². The molecule has 108 valence electrons. The lowest BCUT2D eigenvalue weighted by Crippen LogP contribution is -2.15. The largest absolute Gasteiger partial charge is 0.449 e. The summed E-state index contributed by atoms with van der Waals surface area (Å²) in [6.45, 7) is 3.40. The third-order valence-electron chi connectivity index (χ3n) is 3.25. The SMILES string of the molecule is CCCOC(=O)n1cc(CCN(C)C)c2ccccc21. The van der Waals surface area contributed by atoms with Crippen LogP contribution in [-0.4, -0.2) is 42.8 Å². The van der Waals surface area contributed by atoms with Crippen molar-refractivity contribution in [2.45, 2.75) is 19.8 Å². The molecule has 0 saturated heterocycles. The van der Waals surface area contributed by atoms with Crippen molar-refractivity contribution in [3.05, 3.63) is 36.0 Å². The van der Waals surface area contributed by atoms with Gasteiger partial charge in [-0.2, -0.15) is 0 Å². The lowest BCUT2D eigenvalue weighted by atomic mass is 10.1. The maximum Gasteiger partial charge on any atom is 0.418 e. The Labute approximate surface area is 119 Å². The van der Waals surface area contributed by atoms with E-state index in [0.717, 1.165) is 30.3 Å². The van der Waals surface area contributed by atoms with Crippen molar-refractivity contribution < 1.29 is 9.53 Å². The molecule has 0 saturated carbocycles. The normalized spacial score (nSPS) is 11.2. The van der Waals surface area contributed by atoms with E-state index in [1.54, 1.807) is 4.57 Å². The van der Waals surface area contributed by atoms with Crippen LogP contribution in [0, 0.1) is 0 Å². The number of aromatic nitrogens is 1. The fourth-order valence-corrected chi connectivity index (χ4v) is 2.20. The van der Waals surface area contributed by atoms with Crippen LogP contribution in [-0.2, 0) is 11.2 Å². The average Bonchev–Trinajstić information content (AvgIpc) is 2.81. The van der Waals surface area contributed by atoms with Gasteiger partial charge in [0.05, 0.1) is 12.1 Å². The van der Waals surface area contributed by atoms with Crippen LogP contribution in [0.5, 0.6) is 0 Å². The first kappa shape index (κ1) is 14.6. The molecule has 2 rings (SSSR count). The summed E-state index contributed by atoms with van der Waals surface area (Å²) in [6, 6.07) is 7.97. The van der Waals surface area contributed by atoms with Gasteiger partial charge >= 0.3 is 6.09 Å². The standard InChI is InChI=1S/C16H22N2O2/c1-4-11-20-16(19)18-12-13(9-10-17(2)3)14-7-5-6-8-15(14)18/h5-8,12H,4,9-11H2,1-3H3. The number of likely N-dealkylation sites (N-methyl/N-ethyl adjacent to an activating group) is 1. The van der Waals surface area contributed by atoms with Gasteiger partial charge in [0.1, 0.15) is 0 Å². The van der Waals surface area contributed by atoms with Gasteiger partial charge in [0.15, 0.2) is 0 Å². The Balaban J connectivity index is 2.32. The third-order valence-corrected chi connectivity index (χ3v) is 3.25. The van der Waals surface area contributed by atoms with Gasteiger partial charge in [-0.25, -0.2) is 4.79 Å². The van der Waals surface area contributed by atoms with Crippen LogP contribution in [0.3, 0.4) is 0 Å². The molecule has 0 spiro atoms. The molecule has 0 amide bonds. The van der Waals surface area contributed by atoms with Crippen LogP contribution in [0.15, 0.2) is 30.5 Å². The van der Waals surface area contributed by atoms with E-state index in [1.807, 2.05) is 31.3 Å². The molecule has 0 aliphatic carbocycles. The van der Waals surface area contributed by atoms with Gasteiger partial charge in [0.25, 0.3) is 0 Å². The highest BCUT2D eigenvalue weighted by Gasteiger charge is 2.14. The van der Waals surface area contributed by atoms with Gasteiger partial charge < -0.3 is 9.64 Å². The molecule has 1 heterocycles. The molecule has 4 nitrogen and oxygen atoms in total. The predicted octanol–water partition coefficient (Wildman–Crippen LogP) is 3.14. The number of carbonyl (C=O) groups excluding carboxylic acids is 1. The molecule has 0 aliphatic heterocycles. The molecule has 1 aromatic carbocycles. The van der Waals surface area contributed by atoms with Crippen LogP contribution < -0.4 is 0 Å². The van der Waals surface area contributed by atoms with Gasteiger partial charge in [0.2, 0.25) is 0 Å². The summed E-state index contributed by atoms with van der Waals surface area (Å²) in [4.78, 5) is 14.2. The topological polar surface area (TPSA) is 34.5 Å². The molecule has 0 radical (unpaired) electrons. The van der Waals surface area contributed by atoms with Crippen molar-refractivity contribution in [1.29, 1.82) is 0 Å². The Bertz CT molecular complexity index is 587. The molecule has 0 atom stereocenters. The Morgan fingerprint density at radius 1 is 1.30 bits per heavy atom. The molecule has 0 fully saturated rings. The van der Waals surface area contributed by atoms with Crippen LogP contribution in [0.4, 0.5) is 4.79 Å². The molecule has 1 aromatic heterocycles. The Morgan fingerprint density at radius 3 is 2.75 bits per heavy atom. The number of para-hydroxylation sites is 1. The molecule has 0 unspecified atom stereocenters. The molecule has 4 heteroatoms. The molecule has 2 aromatic rings. The first-order valence-electron chi connectivity index (χ1n) is 7.04. The smallest absolute Gasteiger partial charge is 0.418 e. The first-order chi connectivity index (χ1) is 9.63. The minimum atomic E-state index is -0.292. The number of hydrogen-bond acceptors (Lipinski definition) is 3. The van der Waals surface area contributed by atoms with E-state index >= 15 is 0 Å². The fraction of sp³-hybridized carbons (Fsp3) is 0.438. The third kappa shape index (κ3) is 3.20. The summed E-state index contributed by atoms with van der Waals surface area (Å²) in [5, 5.41) is 1.13. The average molecular weight is 274 g/mol. The molecule has 0 bridgehead atoms. The number of benzene rings is 1. The maximum absolute atomic E-state index is 12.1. The van der Waals surface area contributed by atoms with Crippen LogP contribution >= 0.6 is 0 Å². The highest BCUT2D eigenvalue weighted by Crippen LogP contribution is 2.22. The summed E-state index contributed by atoms with van der Waals surface area (Å²) in [7, 11) is 4.10.